The van der Waals surface area contributed by atoms with Crippen molar-refractivity contribution < 1.29 is 32.4 Å². The molecule has 0 aliphatic carbocycles. The molecule has 4 atom stereocenters. The van der Waals surface area contributed by atoms with Crippen LogP contribution < -0.4 is 15.9 Å². The maximum Gasteiger partial charge on any atom is 0.274 e. The number of carbonyl (C=O) groups is 2. The number of nitrogens with zero attached hydrogens (tertiary/aromatic N) is 3. The van der Waals surface area contributed by atoms with Crippen LogP contribution >= 0.6 is 0 Å². The minimum Gasteiger partial charge on any atom is -0.483 e. The Morgan fingerprint density at radius 1 is 1.12 bits per heavy atom. The summed E-state index contributed by atoms with van der Waals surface area (Å²) in [6, 6.07) is 11.6. The summed E-state index contributed by atoms with van der Waals surface area (Å²) in [7, 11) is -2.22. The lowest BCUT2D eigenvalue weighted by Crippen LogP contribution is -2.54. The lowest BCUT2D eigenvalue weighted by Gasteiger charge is -2.44. The first-order chi connectivity index (χ1) is 23.5. The maximum atomic E-state index is 14.8. The molecule has 2 fully saturated rings. The average Bonchev–Trinajstić information content (AvgIpc) is 3.29. The monoisotopic (exact) mass is 708 g/mol. The molecule has 6 rings (SSSR count). The quantitative estimate of drug-likeness (QED) is 0.273. The van der Waals surface area contributed by atoms with E-state index in [9.17, 15) is 23.2 Å². The molecule has 2 bridgehead atoms. The van der Waals surface area contributed by atoms with Gasteiger partial charge in [0.15, 0.2) is 19.8 Å². The van der Waals surface area contributed by atoms with Crippen molar-refractivity contribution in [3.8, 4) is 5.75 Å². The first kappa shape index (κ1) is 35.9. The Morgan fingerprint density at radius 3 is 2.50 bits per heavy atom. The number of carbonyl (C=O) groups excluding carboxylic acids is 2. The van der Waals surface area contributed by atoms with Crippen molar-refractivity contribution in [3.63, 3.8) is 0 Å². The minimum absolute atomic E-state index is 0.0170. The fraction of sp³-hybridized carbons (Fsp3) is 0.486. The van der Waals surface area contributed by atoms with E-state index < -0.39 is 48.8 Å². The molecule has 1 aromatic heterocycles. The van der Waals surface area contributed by atoms with E-state index in [4.69, 9.17) is 19.7 Å². The number of hydroxylamine groups is 2. The lowest BCUT2D eigenvalue weighted by molar-refractivity contribution is -0.225. The molecule has 2 N–H and O–H groups in total. The number of hydrogen-bond donors (Lipinski definition) is 1. The summed E-state index contributed by atoms with van der Waals surface area (Å²) in [6.45, 7) is 13.3. The van der Waals surface area contributed by atoms with Gasteiger partial charge in [-0.1, -0.05) is 57.2 Å². The van der Waals surface area contributed by atoms with Crippen LogP contribution in [0.25, 0.3) is 0 Å². The Labute approximate surface area is 292 Å². The third kappa shape index (κ3) is 6.63. The number of halogens is 2. The first-order valence-electron chi connectivity index (χ1n) is 17.1. The summed E-state index contributed by atoms with van der Waals surface area (Å²) >= 11 is 0. The fourth-order valence-electron chi connectivity index (χ4n) is 7.07. The molecule has 268 valence electrons. The Balaban J connectivity index is 1.45. The van der Waals surface area contributed by atoms with Gasteiger partial charge in [0.05, 0.1) is 25.2 Å². The number of hydrogen-bond acceptors (Lipinski definition) is 7. The molecular formula is C37H46F2N4O6Si. The molecule has 3 aromatic rings. The van der Waals surface area contributed by atoms with E-state index in [1.165, 1.54) is 18.3 Å². The van der Waals surface area contributed by atoms with Gasteiger partial charge in [0, 0.05) is 30.4 Å². The van der Waals surface area contributed by atoms with Crippen LogP contribution in [0.5, 0.6) is 5.75 Å². The van der Waals surface area contributed by atoms with Gasteiger partial charge in [0.25, 0.3) is 11.8 Å². The van der Waals surface area contributed by atoms with Crippen LogP contribution in [0.1, 0.15) is 85.0 Å². The second kappa shape index (κ2) is 13.3. The topological polar surface area (TPSA) is 116 Å². The number of pyridine rings is 1. The number of primary amides is 1. The van der Waals surface area contributed by atoms with Crippen LogP contribution in [0.4, 0.5) is 8.78 Å². The molecule has 50 heavy (non-hydrogen) atoms. The largest absolute Gasteiger partial charge is 0.483 e. The van der Waals surface area contributed by atoms with Crippen LogP contribution in [-0.4, -0.2) is 65.5 Å². The first-order valence-corrected chi connectivity index (χ1v) is 20.0. The van der Waals surface area contributed by atoms with Gasteiger partial charge in [0.2, 0.25) is 5.43 Å². The summed E-state index contributed by atoms with van der Waals surface area (Å²) in [6.07, 6.45) is 2.89. The van der Waals surface area contributed by atoms with E-state index in [1.807, 2.05) is 37.3 Å². The summed E-state index contributed by atoms with van der Waals surface area (Å²) in [5.74, 6) is -2.94. The van der Waals surface area contributed by atoms with Crippen molar-refractivity contribution >= 4 is 20.1 Å². The summed E-state index contributed by atoms with van der Waals surface area (Å²) in [4.78, 5) is 49.8. The summed E-state index contributed by atoms with van der Waals surface area (Å²) in [5.41, 5.74) is 4.81. The van der Waals surface area contributed by atoms with Crippen LogP contribution in [0.3, 0.4) is 0 Å². The van der Waals surface area contributed by atoms with Crippen molar-refractivity contribution in [2.24, 2.45) is 5.73 Å². The van der Waals surface area contributed by atoms with E-state index in [2.05, 4.69) is 33.9 Å². The maximum absolute atomic E-state index is 14.8. The molecule has 2 aromatic carbocycles. The zero-order valence-corrected chi connectivity index (χ0v) is 30.5. The SMILES string of the molecule is CC1C[C@]2(CC[C@H](CO[Si](C)(C)C(C)(C)C)N3C[C@H]2n2cc(C(N)=O)c(=O)c(OCc4ccccc4)c2C3=O)ON1Cc1ccc(F)cc1F. The van der Waals surface area contributed by atoms with Crippen molar-refractivity contribution in [3.05, 3.63) is 99.0 Å². The highest BCUT2D eigenvalue weighted by Gasteiger charge is 2.56. The highest BCUT2D eigenvalue weighted by atomic mass is 28.4. The standard InChI is InChI=1S/C37H46F2N4O6Si/c1-23-17-37(49-43(23)18-25-12-13-26(38)16-29(25)39)15-14-27(22-48-50(5,6)36(2,3)4)41-20-30(37)42-19-28(34(40)45)32(44)33(31(42)35(41)46)47-21-24-10-8-7-9-11-24/h7-13,16,19,23,27,30H,14-15,17-18,20-22H2,1-6H3,(H2,40,45)/t23?,27-,30-,37+/m1/s1. The van der Waals surface area contributed by atoms with Gasteiger partial charge in [-0.05, 0) is 55.9 Å². The number of nitrogens with two attached hydrogens (primary N) is 1. The molecule has 10 nitrogen and oxygen atoms in total. The normalized spacial score (nSPS) is 24.0. The van der Waals surface area contributed by atoms with Crippen molar-refractivity contribution in [2.75, 3.05) is 13.2 Å². The smallest absolute Gasteiger partial charge is 0.274 e. The van der Waals surface area contributed by atoms with E-state index in [-0.39, 0.29) is 59.4 Å². The van der Waals surface area contributed by atoms with Crippen LogP contribution in [0, 0.1) is 11.6 Å². The molecule has 0 radical (unpaired) electrons. The lowest BCUT2D eigenvalue weighted by atomic mass is 9.83. The number of aromatic nitrogens is 1. The molecule has 2 amide bonds. The van der Waals surface area contributed by atoms with Crippen molar-refractivity contribution in [1.82, 2.24) is 14.5 Å². The van der Waals surface area contributed by atoms with Crippen molar-refractivity contribution in [2.45, 2.75) is 102 Å². The van der Waals surface area contributed by atoms with E-state index in [0.29, 0.717) is 25.9 Å². The van der Waals surface area contributed by atoms with Crippen LogP contribution in [-0.2, 0) is 22.4 Å². The van der Waals surface area contributed by atoms with Crippen LogP contribution in [0.2, 0.25) is 18.1 Å². The van der Waals surface area contributed by atoms with E-state index in [1.54, 1.807) is 14.5 Å². The summed E-state index contributed by atoms with van der Waals surface area (Å²) < 4.78 is 43.0. The van der Waals surface area contributed by atoms with Crippen LogP contribution in [0.15, 0.2) is 59.5 Å². The number of amides is 2. The Morgan fingerprint density at radius 2 is 1.84 bits per heavy atom. The zero-order chi connectivity index (χ0) is 36.2. The fourth-order valence-corrected chi connectivity index (χ4v) is 8.11. The van der Waals surface area contributed by atoms with E-state index >= 15 is 0 Å². The van der Waals surface area contributed by atoms with Gasteiger partial charge >= 0.3 is 0 Å². The highest BCUT2D eigenvalue weighted by molar-refractivity contribution is 6.74. The minimum atomic E-state index is -2.22. The predicted molar refractivity (Wildman–Crippen MR) is 186 cm³/mol. The van der Waals surface area contributed by atoms with Gasteiger partial charge in [-0.15, -0.1) is 0 Å². The molecular weight excluding hydrogens is 663 g/mol. The second-order valence-corrected chi connectivity index (χ2v) is 20.2. The van der Waals surface area contributed by atoms with E-state index in [0.717, 1.165) is 11.6 Å². The van der Waals surface area contributed by atoms with Gasteiger partial charge in [-0.25, -0.2) is 8.78 Å². The molecule has 0 saturated carbocycles. The van der Waals surface area contributed by atoms with Gasteiger partial charge in [-0.2, -0.15) is 5.06 Å². The predicted octanol–water partition coefficient (Wildman–Crippen LogP) is 5.95. The third-order valence-electron chi connectivity index (χ3n) is 11.0. The van der Waals surface area contributed by atoms with Gasteiger partial charge < -0.3 is 24.4 Å². The number of fused-ring (bicyclic) bond motifs is 5. The second-order valence-electron chi connectivity index (χ2n) is 15.4. The third-order valence-corrected chi connectivity index (χ3v) is 15.5. The molecule has 4 heterocycles. The Bertz CT molecular complexity index is 1850. The molecule has 3 aliphatic heterocycles. The molecule has 1 unspecified atom stereocenters. The number of ether oxygens (including phenoxy) is 1. The summed E-state index contributed by atoms with van der Waals surface area (Å²) in [5, 5.41) is 1.64. The Hall–Kier alpha value is -3.91. The van der Waals surface area contributed by atoms with Gasteiger partial charge in [0.1, 0.15) is 29.4 Å². The number of benzene rings is 2. The molecule has 2 saturated heterocycles. The average molecular weight is 709 g/mol. The molecule has 13 heteroatoms. The van der Waals surface area contributed by atoms with Gasteiger partial charge in [-0.3, -0.25) is 19.2 Å². The highest BCUT2D eigenvalue weighted by Crippen LogP contribution is 2.49. The number of rotatable bonds is 9. The molecule has 1 spiro atoms. The zero-order valence-electron chi connectivity index (χ0n) is 29.5. The van der Waals surface area contributed by atoms with Crippen molar-refractivity contribution in [1.29, 1.82) is 0 Å². The molecule has 3 aliphatic rings. The Kier molecular flexibility index (Phi) is 9.57.